The van der Waals surface area contributed by atoms with Gasteiger partial charge in [0.25, 0.3) is 0 Å². The van der Waals surface area contributed by atoms with Crippen molar-refractivity contribution in [1.29, 1.82) is 0 Å². The normalized spacial score (nSPS) is 12.4. The molecule has 3 N–H and O–H groups in total. The van der Waals surface area contributed by atoms with E-state index in [1.54, 1.807) is 37.6 Å². The minimum absolute atomic E-state index is 0.315. The van der Waals surface area contributed by atoms with Crippen LogP contribution in [0.15, 0.2) is 36.7 Å². The highest BCUT2D eigenvalue weighted by Crippen LogP contribution is 2.24. The van der Waals surface area contributed by atoms with Gasteiger partial charge >= 0.3 is 0 Å². The lowest BCUT2D eigenvalue weighted by atomic mass is 10.0. The van der Waals surface area contributed by atoms with Crippen LogP contribution in [0.3, 0.4) is 0 Å². The molecule has 0 fully saturated rings. The largest absolute Gasteiger partial charge is 0.383 e. The summed E-state index contributed by atoms with van der Waals surface area (Å²) in [5, 5.41) is 2.99. The van der Waals surface area contributed by atoms with Gasteiger partial charge in [-0.2, -0.15) is 0 Å². The first-order chi connectivity index (χ1) is 8.24. The summed E-state index contributed by atoms with van der Waals surface area (Å²) in [6, 6.07) is 6.09. The quantitative estimate of drug-likeness (QED) is 0.842. The minimum Gasteiger partial charge on any atom is -0.383 e. The molecule has 5 heteroatoms. The lowest BCUT2D eigenvalue weighted by molar-refractivity contribution is 0.560. The second-order valence-electron chi connectivity index (χ2n) is 3.57. The number of hydrogen-bond acceptors (Lipinski definition) is 4. The average molecular weight is 232 g/mol. The number of anilines is 1. The number of pyridine rings is 2. The van der Waals surface area contributed by atoms with Crippen molar-refractivity contribution in [2.45, 2.75) is 6.04 Å². The number of nitrogen functional groups attached to an aromatic ring is 1. The Morgan fingerprint density at radius 2 is 1.94 bits per heavy atom. The molecule has 4 nitrogen and oxygen atoms in total. The van der Waals surface area contributed by atoms with E-state index in [1.807, 2.05) is 0 Å². The van der Waals surface area contributed by atoms with Crippen molar-refractivity contribution in [3.05, 3.63) is 53.7 Å². The molecule has 0 saturated heterocycles. The molecule has 0 aliphatic carbocycles. The highest BCUT2D eigenvalue weighted by molar-refractivity contribution is 5.44. The van der Waals surface area contributed by atoms with Gasteiger partial charge in [0, 0.05) is 18.0 Å². The van der Waals surface area contributed by atoms with E-state index in [1.165, 1.54) is 6.07 Å². The first kappa shape index (κ1) is 11.5. The average Bonchev–Trinajstić information content (AvgIpc) is 2.34. The molecule has 17 heavy (non-hydrogen) atoms. The third kappa shape index (κ3) is 2.24. The van der Waals surface area contributed by atoms with Crippen LogP contribution in [0.1, 0.15) is 17.3 Å². The van der Waals surface area contributed by atoms with Gasteiger partial charge in [-0.25, -0.2) is 9.37 Å². The molecule has 88 valence electrons. The van der Waals surface area contributed by atoms with Gasteiger partial charge in [0.15, 0.2) is 0 Å². The summed E-state index contributed by atoms with van der Waals surface area (Å²) in [6.45, 7) is 0. The zero-order valence-corrected chi connectivity index (χ0v) is 9.39. The summed E-state index contributed by atoms with van der Waals surface area (Å²) in [7, 11) is 1.73. The highest BCUT2D eigenvalue weighted by Gasteiger charge is 2.19. The van der Waals surface area contributed by atoms with E-state index in [0.29, 0.717) is 17.1 Å². The van der Waals surface area contributed by atoms with Crippen LogP contribution in [0, 0.1) is 5.82 Å². The number of rotatable bonds is 3. The maximum Gasteiger partial charge on any atom is 0.146 e. The smallest absolute Gasteiger partial charge is 0.146 e. The lowest BCUT2D eigenvalue weighted by Gasteiger charge is -2.17. The van der Waals surface area contributed by atoms with Gasteiger partial charge in [0.2, 0.25) is 0 Å². The molecule has 0 bridgehead atoms. The Hall–Kier alpha value is -2.01. The number of nitrogens with two attached hydrogens (primary N) is 1. The third-order valence-electron chi connectivity index (χ3n) is 2.53. The topological polar surface area (TPSA) is 63.8 Å². The maximum atomic E-state index is 13.7. The molecule has 2 rings (SSSR count). The molecular weight excluding hydrogens is 219 g/mol. The second-order valence-corrected chi connectivity index (χ2v) is 3.57. The van der Waals surface area contributed by atoms with Gasteiger partial charge in [0.1, 0.15) is 11.6 Å². The van der Waals surface area contributed by atoms with E-state index in [2.05, 4.69) is 15.3 Å². The molecule has 0 aliphatic heterocycles. The fourth-order valence-corrected chi connectivity index (χ4v) is 1.72. The van der Waals surface area contributed by atoms with Gasteiger partial charge in [0.05, 0.1) is 11.7 Å². The van der Waals surface area contributed by atoms with Crippen LogP contribution >= 0.6 is 0 Å². The molecule has 2 aromatic rings. The Kier molecular flexibility index (Phi) is 3.30. The predicted octanol–water partition coefficient (Wildman–Crippen LogP) is 1.51. The fraction of sp³-hybridized carbons (Fsp3) is 0.167. The van der Waals surface area contributed by atoms with E-state index in [-0.39, 0.29) is 5.82 Å². The third-order valence-corrected chi connectivity index (χ3v) is 2.53. The number of nitrogens with one attached hydrogen (secondary N) is 1. The van der Waals surface area contributed by atoms with Crippen LogP contribution in [0.4, 0.5) is 10.2 Å². The number of aromatic nitrogens is 2. The molecule has 0 spiro atoms. The van der Waals surface area contributed by atoms with Crippen molar-refractivity contribution >= 4 is 5.82 Å². The summed E-state index contributed by atoms with van der Waals surface area (Å²) >= 11 is 0. The first-order valence-electron chi connectivity index (χ1n) is 5.22. The van der Waals surface area contributed by atoms with Crippen LogP contribution in [0.25, 0.3) is 0 Å². The van der Waals surface area contributed by atoms with Gasteiger partial charge < -0.3 is 11.1 Å². The predicted molar refractivity (Wildman–Crippen MR) is 63.7 cm³/mol. The van der Waals surface area contributed by atoms with Crippen LogP contribution in [-0.2, 0) is 0 Å². The molecule has 0 aromatic carbocycles. The molecule has 1 atom stereocenters. The zero-order valence-electron chi connectivity index (χ0n) is 9.39. The van der Waals surface area contributed by atoms with Crippen LogP contribution in [0.2, 0.25) is 0 Å². The van der Waals surface area contributed by atoms with Crippen LogP contribution < -0.4 is 11.1 Å². The molecule has 0 aliphatic rings. The van der Waals surface area contributed by atoms with Gasteiger partial charge in [-0.3, -0.25) is 4.98 Å². The maximum absolute atomic E-state index is 13.7. The molecule has 1 unspecified atom stereocenters. The minimum atomic E-state index is -0.398. The zero-order chi connectivity index (χ0) is 12.3. The number of halogens is 1. The van der Waals surface area contributed by atoms with Crippen molar-refractivity contribution in [2.24, 2.45) is 0 Å². The second kappa shape index (κ2) is 4.88. The molecule has 0 amide bonds. The Labute approximate surface area is 98.7 Å². The highest BCUT2D eigenvalue weighted by atomic mass is 19.1. The summed E-state index contributed by atoms with van der Waals surface area (Å²) in [4.78, 5) is 8.04. The van der Waals surface area contributed by atoms with Crippen molar-refractivity contribution in [3.8, 4) is 0 Å². The van der Waals surface area contributed by atoms with Gasteiger partial charge in [-0.05, 0) is 25.2 Å². The van der Waals surface area contributed by atoms with Crippen molar-refractivity contribution < 1.29 is 4.39 Å². The van der Waals surface area contributed by atoms with Crippen LogP contribution in [-0.4, -0.2) is 17.0 Å². The summed E-state index contributed by atoms with van der Waals surface area (Å²) < 4.78 is 13.7. The number of hydrogen-bond donors (Lipinski definition) is 2. The van der Waals surface area contributed by atoms with E-state index in [9.17, 15) is 4.39 Å². The standard InChI is InChI=1S/C12H13FN4/c1-15-10(8-4-2-7-17-12(8)14)11-9(13)5-3-6-16-11/h2-7,10,15H,1H3,(H2,14,17). The van der Waals surface area contributed by atoms with E-state index in [4.69, 9.17) is 5.73 Å². The van der Waals surface area contributed by atoms with Gasteiger partial charge in [-0.15, -0.1) is 0 Å². The summed E-state index contributed by atoms with van der Waals surface area (Å²) in [5.74, 6) is 0.00649. The van der Waals surface area contributed by atoms with E-state index >= 15 is 0 Å². The Balaban J connectivity index is 2.48. The molecule has 0 saturated carbocycles. The Morgan fingerprint density at radius 1 is 1.24 bits per heavy atom. The summed E-state index contributed by atoms with van der Waals surface area (Å²) in [6.07, 6.45) is 3.15. The molecule has 0 radical (unpaired) electrons. The van der Waals surface area contributed by atoms with Crippen LogP contribution in [0.5, 0.6) is 0 Å². The van der Waals surface area contributed by atoms with E-state index < -0.39 is 6.04 Å². The first-order valence-corrected chi connectivity index (χ1v) is 5.22. The van der Waals surface area contributed by atoms with Crippen molar-refractivity contribution in [2.75, 3.05) is 12.8 Å². The Bertz CT molecular complexity index is 470. The molecule has 2 heterocycles. The van der Waals surface area contributed by atoms with E-state index in [0.717, 1.165) is 0 Å². The van der Waals surface area contributed by atoms with Crippen molar-refractivity contribution in [3.63, 3.8) is 0 Å². The fourth-order valence-electron chi connectivity index (χ4n) is 1.72. The Morgan fingerprint density at radius 3 is 2.59 bits per heavy atom. The SMILES string of the molecule is CNC(c1cccnc1N)c1ncccc1F. The van der Waals surface area contributed by atoms with Gasteiger partial charge in [-0.1, -0.05) is 6.07 Å². The summed E-state index contributed by atoms with van der Waals surface area (Å²) in [5.41, 5.74) is 6.81. The molecule has 2 aromatic heterocycles. The van der Waals surface area contributed by atoms with Crippen molar-refractivity contribution in [1.82, 2.24) is 15.3 Å². The monoisotopic (exact) mass is 232 g/mol. The lowest BCUT2D eigenvalue weighted by Crippen LogP contribution is -2.21. The number of nitrogens with zero attached hydrogens (tertiary/aromatic N) is 2. The molecular formula is C12H13FN4.